The standard InChI is InChI=1S/C7H11N3/c1-2-6(8-4-1)7-3-5-9-10-7/h3,5-6,8H,1-2,4H2,(H,9,10). The second-order valence-electron chi connectivity index (χ2n) is 2.65. The van der Waals surface area contributed by atoms with E-state index in [-0.39, 0.29) is 0 Å². The number of nitrogens with one attached hydrogen (secondary N) is 2. The Kier molecular flexibility index (Phi) is 1.43. The summed E-state index contributed by atoms with van der Waals surface area (Å²) in [6, 6.07) is 2.54. The van der Waals surface area contributed by atoms with E-state index in [1.54, 1.807) is 0 Å². The zero-order valence-electron chi connectivity index (χ0n) is 5.80. The SMILES string of the molecule is c1cc(C2CCCN2)n[nH]1. The van der Waals surface area contributed by atoms with E-state index >= 15 is 0 Å². The van der Waals surface area contributed by atoms with Crippen molar-refractivity contribution in [3.8, 4) is 0 Å². The van der Waals surface area contributed by atoms with Gasteiger partial charge in [-0.2, -0.15) is 5.10 Å². The summed E-state index contributed by atoms with van der Waals surface area (Å²) in [6.07, 6.45) is 4.37. The fourth-order valence-corrected chi connectivity index (χ4v) is 1.40. The summed E-state index contributed by atoms with van der Waals surface area (Å²) in [7, 11) is 0. The van der Waals surface area contributed by atoms with Gasteiger partial charge in [0.2, 0.25) is 0 Å². The molecule has 0 amide bonds. The number of rotatable bonds is 1. The summed E-state index contributed by atoms with van der Waals surface area (Å²) in [6.45, 7) is 1.14. The Morgan fingerprint density at radius 1 is 1.60 bits per heavy atom. The van der Waals surface area contributed by atoms with Crippen molar-refractivity contribution in [3.05, 3.63) is 18.0 Å². The lowest BCUT2D eigenvalue weighted by Crippen LogP contribution is -2.12. The van der Waals surface area contributed by atoms with E-state index in [0.717, 1.165) is 12.2 Å². The van der Waals surface area contributed by atoms with Gasteiger partial charge in [0.05, 0.1) is 11.7 Å². The van der Waals surface area contributed by atoms with E-state index in [9.17, 15) is 0 Å². The molecule has 2 N–H and O–H groups in total. The molecule has 2 rings (SSSR count). The van der Waals surface area contributed by atoms with Crippen molar-refractivity contribution in [1.29, 1.82) is 0 Å². The van der Waals surface area contributed by atoms with Crippen molar-refractivity contribution >= 4 is 0 Å². The molecule has 2 heterocycles. The number of nitrogens with zero attached hydrogens (tertiary/aromatic N) is 1. The van der Waals surface area contributed by atoms with Crippen molar-refractivity contribution < 1.29 is 0 Å². The maximum absolute atomic E-state index is 4.11. The summed E-state index contributed by atoms with van der Waals surface area (Å²) in [5.41, 5.74) is 1.15. The highest BCUT2D eigenvalue weighted by atomic mass is 15.1. The summed E-state index contributed by atoms with van der Waals surface area (Å²) >= 11 is 0. The van der Waals surface area contributed by atoms with Gasteiger partial charge >= 0.3 is 0 Å². The molecule has 0 spiro atoms. The minimum absolute atomic E-state index is 0.506. The molecule has 0 saturated carbocycles. The van der Waals surface area contributed by atoms with Crippen LogP contribution in [0.4, 0.5) is 0 Å². The number of hydrogen-bond acceptors (Lipinski definition) is 2. The van der Waals surface area contributed by atoms with Crippen LogP contribution in [0.25, 0.3) is 0 Å². The first-order valence-corrected chi connectivity index (χ1v) is 3.70. The maximum Gasteiger partial charge on any atom is 0.0791 e. The van der Waals surface area contributed by atoms with Gasteiger partial charge in [0.25, 0.3) is 0 Å². The minimum atomic E-state index is 0.506. The molecular formula is C7H11N3. The predicted molar refractivity (Wildman–Crippen MR) is 38.6 cm³/mol. The normalized spacial score (nSPS) is 25.4. The Hall–Kier alpha value is -0.830. The molecule has 1 saturated heterocycles. The topological polar surface area (TPSA) is 40.7 Å². The van der Waals surface area contributed by atoms with Gasteiger partial charge < -0.3 is 5.32 Å². The first kappa shape index (κ1) is 5.92. The van der Waals surface area contributed by atoms with Crippen LogP contribution in [-0.2, 0) is 0 Å². The fraction of sp³-hybridized carbons (Fsp3) is 0.571. The van der Waals surface area contributed by atoms with Gasteiger partial charge in [-0.3, -0.25) is 5.10 Å². The molecule has 1 atom stereocenters. The second-order valence-corrected chi connectivity index (χ2v) is 2.65. The average Bonchev–Trinajstić information content (AvgIpc) is 2.59. The predicted octanol–water partition coefficient (Wildman–Crippen LogP) is 0.834. The second kappa shape index (κ2) is 2.42. The van der Waals surface area contributed by atoms with Crippen LogP contribution in [0.1, 0.15) is 24.6 Å². The number of hydrogen-bond donors (Lipinski definition) is 2. The summed E-state index contributed by atoms with van der Waals surface area (Å²) < 4.78 is 0. The number of aromatic amines is 1. The third-order valence-electron chi connectivity index (χ3n) is 1.94. The largest absolute Gasteiger partial charge is 0.309 e. The molecule has 1 fully saturated rings. The lowest BCUT2D eigenvalue weighted by molar-refractivity contribution is 0.625. The molecule has 0 radical (unpaired) electrons. The van der Waals surface area contributed by atoms with Crippen LogP contribution in [0.5, 0.6) is 0 Å². The van der Waals surface area contributed by atoms with Crippen molar-refractivity contribution in [3.63, 3.8) is 0 Å². The van der Waals surface area contributed by atoms with Gasteiger partial charge in [0, 0.05) is 6.20 Å². The Morgan fingerprint density at radius 3 is 3.20 bits per heavy atom. The van der Waals surface area contributed by atoms with Gasteiger partial charge in [-0.1, -0.05) is 0 Å². The summed E-state index contributed by atoms with van der Waals surface area (Å²) in [5, 5.41) is 10.3. The third-order valence-corrected chi connectivity index (χ3v) is 1.94. The lowest BCUT2D eigenvalue weighted by atomic mass is 10.2. The van der Waals surface area contributed by atoms with Gasteiger partial charge in [-0.15, -0.1) is 0 Å². The van der Waals surface area contributed by atoms with E-state index in [4.69, 9.17) is 0 Å². The van der Waals surface area contributed by atoms with Crippen LogP contribution >= 0.6 is 0 Å². The average molecular weight is 137 g/mol. The van der Waals surface area contributed by atoms with Crippen LogP contribution in [0.15, 0.2) is 12.3 Å². The molecule has 1 aliphatic heterocycles. The monoisotopic (exact) mass is 137 g/mol. The lowest BCUT2D eigenvalue weighted by Gasteiger charge is -2.03. The molecule has 1 aliphatic rings. The van der Waals surface area contributed by atoms with E-state index in [1.165, 1.54) is 12.8 Å². The fourth-order valence-electron chi connectivity index (χ4n) is 1.40. The highest BCUT2D eigenvalue weighted by Crippen LogP contribution is 2.19. The molecule has 1 aromatic rings. The molecule has 0 bridgehead atoms. The summed E-state index contributed by atoms with van der Waals surface area (Å²) in [5.74, 6) is 0. The van der Waals surface area contributed by atoms with E-state index < -0.39 is 0 Å². The zero-order chi connectivity index (χ0) is 6.81. The van der Waals surface area contributed by atoms with Gasteiger partial charge in [0.1, 0.15) is 0 Å². The molecule has 54 valence electrons. The van der Waals surface area contributed by atoms with Gasteiger partial charge in [0.15, 0.2) is 0 Å². The van der Waals surface area contributed by atoms with E-state index in [0.29, 0.717) is 6.04 Å². The number of aromatic nitrogens is 2. The molecule has 1 unspecified atom stereocenters. The highest BCUT2D eigenvalue weighted by Gasteiger charge is 2.16. The van der Waals surface area contributed by atoms with Crippen molar-refractivity contribution in [2.24, 2.45) is 0 Å². The Morgan fingerprint density at radius 2 is 2.60 bits per heavy atom. The molecular weight excluding hydrogens is 126 g/mol. The van der Waals surface area contributed by atoms with Crippen molar-refractivity contribution in [2.45, 2.75) is 18.9 Å². The molecule has 0 aromatic carbocycles. The Balaban J connectivity index is 2.12. The third kappa shape index (κ3) is 0.926. The molecule has 1 aromatic heterocycles. The molecule has 0 aliphatic carbocycles. The minimum Gasteiger partial charge on any atom is -0.309 e. The Labute approximate surface area is 59.8 Å². The Bertz CT molecular complexity index is 187. The maximum atomic E-state index is 4.11. The van der Waals surface area contributed by atoms with E-state index in [2.05, 4.69) is 15.5 Å². The van der Waals surface area contributed by atoms with Crippen LogP contribution < -0.4 is 5.32 Å². The summed E-state index contributed by atoms with van der Waals surface area (Å²) in [4.78, 5) is 0. The van der Waals surface area contributed by atoms with Crippen molar-refractivity contribution in [1.82, 2.24) is 15.5 Å². The first-order valence-electron chi connectivity index (χ1n) is 3.70. The molecule has 3 heteroatoms. The highest BCUT2D eigenvalue weighted by molar-refractivity contribution is 5.05. The van der Waals surface area contributed by atoms with Crippen LogP contribution in [0.3, 0.4) is 0 Å². The smallest absolute Gasteiger partial charge is 0.0791 e. The van der Waals surface area contributed by atoms with E-state index in [1.807, 2.05) is 12.3 Å². The van der Waals surface area contributed by atoms with Gasteiger partial charge in [-0.25, -0.2) is 0 Å². The molecule has 3 nitrogen and oxygen atoms in total. The van der Waals surface area contributed by atoms with Crippen LogP contribution in [0, 0.1) is 0 Å². The quantitative estimate of drug-likeness (QED) is 0.602. The first-order chi connectivity index (χ1) is 4.97. The molecule has 10 heavy (non-hydrogen) atoms. The van der Waals surface area contributed by atoms with Crippen molar-refractivity contribution in [2.75, 3.05) is 6.54 Å². The zero-order valence-corrected chi connectivity index (χ0v) is 5.80. The van der Waals surface area contributed by atoms with Gasteiger partial charge in [-0.05, 0) is 25.5 Å². The number of H-pyrrole nitrogens is 1. The van der Waals surface area contributed by atoms with Crippen LogP contribution in [0.2, 0.25) is 0 Å². The van der Waals surface area contributed by atoms with Crippen LogP contribution in [-0.4, -0.2) is 16.7 Å².